The number of methoxy groups -OCH3 is 1. The molecule has 1 aromatic carbocycles. The van der Waals surface area contributed by atoms with Crippen molar-refractivity contribution in [2.75, 3.05) is 20.8 Å². The van der Waals surface area contributed by atoms with E-state index in [1.54, 1.807) is 7.11 Å². The first kappa shape index (κ1) is 10.7. The van der Waals surface area contributed by atoms with Gasteiger partial charge in [0.15, 0.2) is 0 Å². The molecule has 1 unspecified atom stereocenters. The van der Waals surface area contributed by atoms with Crippen molar-refractivity contribution in [2.45, 2.75) is 6.04 Å². The van der Waals surface area contributed by atoms with Crippen LogP contribution < -0.4 is 5.32 Å². The lowest BCUT2D eigenvalue weighted by Gasteiger charge is -2.16. The van der Waals surface area contributed by atoms with Crippen molar-refractivity contribution in [3.05, 3.63) is 34.3 Å². The quantitative estimate of drug-likeness (QED) is 0.877. The Morgan fingerprint density at radius 1 is 1.46 bits per heavy atom. The van der Waals surface area contributed by atoms with Crippen molar-refractivity contribution >= 4 is 15.9 Å². The minimum absolute atomic E-state index is 0.251. The molecule has 0 saturated heterocycles. The third kappa shape index (κ3) is 2.79. The molecule has 1 rings (SSSR count). The average Bonchev–Trinajstić information content (AvgIpc) is 2.16. The Kier molecular flexibility index (Phi) is 4.42. The van der Waals surface area contributed by atoms with E-state index in [1.165, 1.54) is 5.56 Å². The summed E-state index contributed by atoms with van der Waals surface area (Å²) >= 11 is 3.51. The highest BCUT2D eigenvalue weighted by atomic mass is 79.9. The number of ether oxygens (including phenoxy) is 1. The lowest BCUT2D eigenvalue weighted by atomic mass is 10.1. The molecular formula is C10H14BrNO. The Bertz CT molecular complexity index is 265. The summed E-state index contributed by atoms with van der Waals surface area (Å²) in [4.78, 5) is 0. The molecule has 1 aromatic rings. The van der Waals surface area contributed by atoms with Gasteiger partial charge >= 0.3 is 0 Å². The molecule has 0 aliphatic heterocycles. The van der Waals surface area contributed by atoms with Crippen molar-refractivity contribution in [1.29, 1.82) is 0 Å². The Morgan fingerprint density at radius 3 is 2.69 bits per heavy atom. The number of likely N-dealkylation sites (N-methyl/N-ethyl adjacent to an activating group) is 1. The topological polar surface area (TPSA) is 21.3 Å². The molecule has 2 nitrogen and oxygen atoms in total. The molecule has 0 saturated carbocycles. The van der Waals surface area contributed by atoms with Gasteiger partial charge in [0.2, 0.25) is 0 Å². The second-order valence-corrected chi connectivity index (χ2v) is 3.67. The van der Waals surface area contributed by atoms with Crippen LogP contribution in [0.3, 0.4) is 0 Å². The van der Waals surface area contributed by atoms with Gasteiger partial charge in [0.25, 0.3) is 0 Å². The molecule has 1 atom stereocenters. The number of hydrogen-bond donors (Lipinski definition) is 1. The zero-order valence-electron chi connectivity index (χ0n) is 7.88. The minimum atomic E-state index is 0.251. The predicted octanol–water partition coefficient (Wildman–Crippen LogP) is 2.36. The van der Waals surface area contributed by atoms with E-state index in [2.05, 4.69) is 27.3 Å². The smallest absolute Gasteiger partial charge is 0.0658 e. The third-order valence-corrected chi connectivity index (χ3v) is 2.68. The van der Waals surface area contributed by atoms with Gasteiger partial charge in [-0.25, -0.2) is 0 Å². The van der Waals surface area contributed by atoms with E-state index in [1.807, 2.05) is 25.2 Å². The van der Waals surface area contributed by atoms with Crippen LogP contribution in [0.15, 0.2) is 28.7 Å². The first-order valence-electron chi connectivity index (χ1n) is 4.20. The van der Waals surface area contributed by atoms with Crippen LogP contribution in [0.2, 0.25) is 0 Å². The maximum atomic E-state index is 5.12. The molecule has 0 bridgehead atoms. The fourth-order valence-corrected chi connectivity index (χ4v) is 1.81. The van der Waals surface area contributed by atoms with E-state index >= 15 is 0 Å². The highest BCUT2D eigenvalue weighted by molar-refractivity contribution is 9.10. The maximum Gasteiger partial charge on any atom is 0.0658 e. The Labute approximate surface area is 87.4 Å². The van der Waals surface area contributed by atoms with Gasteiger partial charge in [-0.2, -0.15) is 0 Å². The number of rotatable bonds is 4. The standard InChI is InChI=1S/C10H14BrNO/c1-12-10(7-13-2)8-5-3-4-6-9(8)11/h3-6,10,12H,7H2,1-2H3. The van der Waals surface area contributed by atoms with Crippen LogP contribution in [0.1, 0.15) is 11.6 Å². The van der Waals surface area contributed by atoms with Gasteiger partial charge in [-0.05, 0) is 18.7 Å². The van der Waals surface area contributed by atoms with Crippen molar-refractivity contribution in [3.8, 4) is 0 Å². The molecule has 1 N–H and O–H groups in total. The van der Waals surface area contributed by atoms with Gasteiger partial charge in [-0.1, -0.05) is 34.1 Å². The second-order valence-electron chi connectivity index (χ2n) is 2.82. The molecule has 0 heterocycles. The summed E-state index contributed by atoms with van der Waals surface area (Å²) < 4.78 is 6.24. The molecule has 0 aromatic heterocycles. The van der Waals surface area contributed by atoms with Crippen LogP contribution in [0, 0.1) is 0 Å². The fourth-order valence-electron chi connectivity index (χ4n) is 1.25. The van der Waals surface area contributed by atoms with E-state index in [0.29, 0.717) is 6.61 Å². The van der Waals surface area contributed by atoms with Crippen molar-refractivity contribution in [3.63, 3.8) is 0 Å². The fraction of sp³-hybridized carbons (Fsp3) is 0.400. The highest BCUT2D eigenvalue weighted by Crippen LogP contribution is 2.22. The first-order chi connectivity index (χ1) is 6.29. The first-order valence-corrected chi connectivity index (χ1v) is 4.99. The van der Waals surface area contributed by atoms with E-state index < -0.39 is 0 Å². The monoisotopic (exact) mass is 243 g/mol. The highest BCUT2D eigenvalue weighted by Gasteiger charge is 2.10. The van der Waals surface area contributed by atoms with E-state index in [4.69, 9.17) is 4.74 Å². The summed E-state index contributed by atoms with van der Waals surface area (Å²) in [5, 5.41) is 3.21. The normalized spacial score (nSPS) is 12.8. The molecule has 0 spiro atoms. The lowest BCUT2D eigenvalue weighted by molar-refractivity contribution is 0.170. The second kappa shape index (κ2) is 5.37. The number of nitrogens with one attached hydrogen (secondary N) is 1. The van der Waals surface area contributed by atoms with Crippen LogP contribution in [-0.2, 0) is 4.74 Å². The predicted molar refractivity (Wildman–Crippen MR) is 57.8 cm³/mol. The summed E-state index contributed by atoms with van der Waals surface area (Å²) in [6.07, 6.45) is 0. The van der Waals surface area contributed by atoms with Crippen molar-refractivity contribution in [1.82, 2.24) is 5.32 Å². The molecule has 0 aliphatic carbocycles. The summed E-state index contributed by atoms with van der Waals surface area (Å²) in [7, 11) is 3.64. The van der Waals surface area contributed by atoms with Gasteiger partial charge < -0.3 is 10.1 Å². The SMILES string of the molecule is CNC(COC)c1ccccc1Br. The van der Waals surface area contributed by atoms with E-state index in [9.17, 15) is 0 Å². The average molecular weight is 244 g/mol. The zero-order chi connectivity index (χ0) is 9.68. The van der Waals surface area contributed by atoms with Crippen LogP contribution in [-0.4, -0.2) is 20.8 Å². The van der Waals surface area contributed by atoms with Gasteiger partial charge in [0.05, 0.1) is 12.6 Å². The third-order valence-electron chi connectivity index (χ3n) is 1.96. The Morgan fingerprint density at radius 2 is 2.15 bits per heavy atom. The van der Waals surface area contributed by atoms with Gasteiger partial charge in [-0.15, -0.1) is 0 Å². The number of hydrogen-bond acceptors (Lipinski definition) is 2. The minimum Gasteiger partial charge on any atom is -0.383 e. The molecule has 13 heavy (non-hydrogen) atoms. The molecule has 0 fully saturated rings. The largest absolute Gasteiger partial charge is 0.383 e. The maximum absolute atomic E-state index is 5.12. The summed E-state index contributed by atoms with van der Waals surface area (Å²) in [6.45, 7) is 0.680. The van der Waals surface area contributed by atoms with E-state index in [-0.39, 0.29) is 6.04 Å². The molecule has 0 radical (unpaired) electrons. The Hall–Kier alpha value is -0.380. The lowest BCUT2D eigenvalue weighted by Crippen LogP contribution is -2.21. The summed E-state index contributed by atoms with van der Waals surface area (Å²) in [5.41, 5.74) is 1.23. The molecular weight excluding hydrogens is 230 g/mol. The summed E-state index contributed by atoms with van der Waals surface area (Å²) in [6, 6.07) is 8.41. The van der Waals surface area contributed by atoms with Crippen LogP contribution in [0.5, 0.6) is 0 Å². The van der Waals surface area contributed by atoms with Crippen LogP contribution >= 0.6 is 15.9 Å². The van der Waals surface area contributed by atoms with Gasteiger partial charge in [0.1, 0.15) is 0 Å². The van der Waals surface area contributed by atoms with Crippen molar-refractivity contribution in [2.24, 2.45) is 0 Å². The van der Waals surface area contributed by atoms with E-state index in [0.717, 1.165) is 4.47 Å². The Balaban J connectivity index is 2.84. The molecule has 3 heteroatoms. The zero-order valence-corrected chi connectivity index (χ0v) is 9.47. The van der Waals surface area contributed by atoms with Crippen molar-refractivity contribution < 1.29 is 4.74 Å². The number of halogens is 1. The molecule has 0 aliphatic rings. The van der Waals surface area contributed by atoms with Crippen LogP contribution in [0.4, 0.5) is 0 Å². The van der Waals surface area contributed by atoms with Crippen LogP contribution in [0.25, 0.3) is 0 Å². The number of benzene rings is 1. The molecule has 0 amide bonds. The summed E-state index contributed by atoms with van der Waals surface area (Å²) in [5.74, 6) is 0. The van der Waals surface area contributed by atoms with Gasteiger partial charge in [-0.3, -0.25) is 0 Å². The molecule has 72 valence electrons. The van der Waals surface area contributed by atoms with Gasteiger partial charge in [0, 0.05) is 11.6 Å².